The molecule has 0 N–H and O–H groups in total. The predicted molar refractivity (Wildman–Crippen MR) is 50.9 cm³/mol. The lowest BCUT2D eigenvalue weighted by Crippen LogP contribution is -2.37. The molecule has 0 saturated heterocycles. The van der Waals surface area contributed by atoms with Gasteiger partial charge in [0.15, 0.2) is 8.32 Å². The molecule has 0 aromatic rings. The Bertz CT molecular complexity index is 87.6. The summed E-state index contributed by atoms with van der Waals surface area (Å²) in [5.41, 5.74) is 0. The molecule has 0 rings (SSSR count). The molecule has 63 valence electrons. The molecule has 11 heavy (non-hydrogen) atoms. The maximum absolute atomic E-state index is 5.72. The fourth-order valence-electron chi connectivity index (χ4n) is 1.08. The summed E-state index contributed by atoms with van der Waals surface area (Å²) in [6.07, 6.45) is 0. The average Bonchev–Trinajstić information content (AvgIpc) is 2.08. The van der Waals surface area contributed by atoms with Crippen LogP contribution in [0, 0.1) is 0 Å². The standard InChI is InChI=1S/C6H15O2Si3/c1-4-11(5-2,6-3)8-10-7-9/h4-6H2,1-3H3. The monoisotopic (exact) mass is 203 g/mol. The summed E-state index contributed by atoms with van der Waals surface area (Å²) in [6.45, 7) is 6.62. The highest BCUT2D eigenvalue weighted by atomic mass is 28.4. The maximum atomic E-state index is 5.72. The van der Waals surface area contributed by atoms with Crippen molar-refractivity contribution in [2.45, 2.75) is 38.9 Å². The molecular formula is C6H15O2Si3. The Balaban J connectivity index is 3.84. The lowest BCUT2D eigenvalue weighted by molar-refractivity contribution is 0.467. The lowest BCUT2D eigenvalue weighted by Gasteiger charge is -2.26. The van der Waals surface area contributed by atoms with E-state index >= 15 is 0 Å². The van der Waals surface area contributed by atoms with E-state index in [1.165, 1.54) is 18.1 Å². The molecular weight excluding hydrogens is 188 g/mol. The van der Waals surface area contributed by atoms with E-state index in [-0.39, 0.29) is 10.0 Å². The first kappa shape index (κ1) is 11.6. The van der Waals surface area contributed by atoms with E-state index in [0.29, 0.717) is 0 Å². The zero-order valence-electron chi connectivity index (χ0n) is 7.44. The van der Waals surface area contributed by atoms with Crippen molar-refractivity contribution >= 4 is 28.8 Å². The van der Waals surface area contributed by atoms with Crippen LogP contribution >= 0.6 is 0 Å². The Hall–Kier alpha value is 0.571. The van der Waals surface area contributed by atoms with Gasteiger partial charge in [0, 0.05) is 0 Å². The Kier molecular flexibility index (Phi) is 6.45. The summed E-state index contributed by atoms with van der Waals surface area (Å²) in [6, 6.07) is 3.55. The fourth-order valence-corrected chi connectivity index (χ4v) is 5.56. The molecule has 5 heteroatoms. The van der Waals surface area contributed by atoms with Crippen LogP contribution in [0.1, 0.15) is 20.8 Å². The minimum absolute atomic E-state index is 0.162. The average molecular weight is 203 g/mol. The first-order chi connectivity index (χ1) is 5.24. The van der Waals surface area contributed by atoms with Gasteiger partial charge in [-0.1, -0.05) is 20.8 Å². The molecule has 0 amide bonds. The zero-order valence-corrected chi connectivity index (χ0v) is 10.4. The normalized spacial score (nSPS) is 12.0. The SMILES string of the molecule is CC[Si](CC)(CC)O[Si]O[Si]. The van der Waals surface area contributed by atoms with Crippen molar-refractivity contribution in [3.05, 3.63) is 0 Å². The highest BCUT2D eigenvalue weighted by Crippen LogP contribution is 2.20. The molecule has 0 saturated carbocycles. The molecule has 0 bridgehead atoms. The molecule has 0 aromatic carbocycles. The highest BCUT2D eigenvalue weighted by Gasteiger charge is 2.28. The molecule has 0 aliphatic heterocycles. The number of hydrogen-bond acceptors (Lipinski definition) is 2. The van der Waals surface area contributed by atoms with Gasteiger partial charge in [-0.15, -0.1) is 0 Å². The van der Waals surface area contributed by atoms with E-state index < -0.39 is 8.32 Å². The summed E-state index contributed by atoms with van der Waals surface area (Å²) >= 11 is 0. The summed E-state index contributed by atoms with van der Waals surface area (Å²) in [4.78, 5) is 0. The second kappa shape index (κ2) is 6.13. The molecule has 0 unspecified atom stereocenters. The van der Waals surface area contributed by atoms with E-state index in [0.717, 1.165) is 0 Å². The van der Waals surface area contributed by atoms with Crippen molar-refractivity contribution in [3.63, 3.8) is 0 Å². The Morgan fingerprint density at radius 3 is 1.91 bits per heavy atom. The van der Waals surface area contributed by atoms with Gasteiger partial charge in [0.1, 0.15) is 0 Å². The minimum atomic E-state index is -1.38. The molecule has 0 spiro atoms. The summed E-state index contributed by atoms with van der Waals surface area (Å²) in [5, 5.41) is 0. The van der Waals surface area contributed by atoms with Gasteiger partial charge in [-0.2, -0.15) is 0 Å². The van der Waals surface area contributed by atoms with Gasteiger partial charge < -0.3 is 8.23 Å². The van der Waals surface area contributed by atoms with E-state index in [2.05, 4.69) is 31.3 Å². The van der Waals surface area contributed by atoms with Crippen LogP contribution < -0.4 is 0 Å². The second-order valence-electron chi connectivity index (χ2n) is 2.53. The van der Waals surface area contributed by atoms with Crippen LogP contribution in [0.3, 0.4) is 0 Å². The van der Waals surface area contributed by atoms with Crippen LogP contribution in [0.4, 0.5) is 0 Å². The maximum Gasteiger partial charge on any atom is 0.409 e. The molecule has 5 radical (unpaired) electrons. The van der Waals surface area contributed by atoms with Crippen molar-refractivity contribution < 1.29 is 8.23 Å². The van der Waals surface area contributed by atoms with Crippen molar-refractivity contribution in [1.82, 2.24) is 0 Å². The fraction of sp³-hybridized carbons (Fsp3) is 1.00. The van der Waals surface area contributed by atoms with Gasteiger partial charge in [0.25, 0.3) is 0 Å². The summed E-state index contributed by atoms with van der Waals surface area (Å²) < 4.78 is 10.5. The van der Waals surface area contributed by atoms with Gasteiger partial charge in [-0.05, 0) is 18.1 Å². The van der Waals surface area contributed by atoms with Gasteiger partial charge in [-0.25, -0.2) is 0 Å². The van der Waals surface area contributed by atoms with Crippen molar-refractivity contribution in [1.29, 1.82) is 0 Å². The van der Waals surface area contributed by atoms with Crippen LogP contribution in [0.25, 0.3) is 0 Å². The van der Waals surface area contributed by atoms with Crippen LogP contribution in [-0.4, -0.2) is 28.8 Å². The van der Waals surface area contributed by atoms with E-state index in [1.54, 1.807) is 0 Å². The van der Waals surface area contributed by atoms with Crippen molar-refractivity contribution in [2.24, 2.45) is 0 Å². The minimum Gasteiger partial charge on any atom is -0.435 e. The van der Waals surface area contributed by atoms with Crippen LogP contribution in [0.2, 0.25) is 18.1 Å². The molecule has 0 atom stereocenters. The van der Waals surface area contributed by atoms with E-state index in [1.807, 2.05) is 0 Å². The molecule has 2 nitrogen and oxygen atoms in total. The lowest BCUT2D eigenvalue weighted by atomic mass is 10.9. The van der Waals surface area contributed by atoms with Crippen molar-refractivity contribution in [2.75, 3.05) is 0 Å². The topological polar surface area (TPSA) is 18.5 Å². The number of rotatable bonds is 6. The van der Waals surface area contributed by atoms with Crippen molar-refractivity contribution in [3.8, 4) is 0 Å². The Morgan fingerprint density at radius 1 is 1.18 bits per heavy atom. The molecule has 0 aromatic heterocycles. The molecule has 0 aliphatic rings. The molecule has 0 heterocycles. The Morgan fingerprint density at radius 2 is 1.64 bits per heavy atom. The quantitative estimate of drug-likeness (QED) is 0.611. The highest BCUT2D eigenvalue weighted by molar-refractivity contribution is 6.76. The van der Waals surface area contributed by atoms with Crippen LogP contribution in [0.5, 0.6) is 0 Å². The van der Waals surface area contributed by atoms with Gasteiger partial charge >= 0.3 is 10.0 Å². The smallest absolute Gasteiger partial charge is 0.409 e. The Labute approximate surface area is 76.4 Å². The molecule has 0 fully saturated rings. The van der Waals surface area contributed by atoms with Crippen LogP contribution in [-0.2, 0) is 8.23 Å². The largest absolute Gasteiger partial charge is 0.435 e. The van der Waals surface area contributed by atoms with E-state index in [9.17, 15) is 0 Å². The van der Waals surface area contributed by atoms with Crippen LogP contribution in [0.15, 0.2) is 0 Å². The third-order valence-electron chi connectivity index (χ3n) is 2.23. The second-order valence-corrected chi connectivity index (χ2v) is 8.82. The van der Waals surface area contributed by atoms with E-state index in [4.69, 9.17) is 8.23 Å². The predicted octanol–water partition coefficient (Wildman–Crippen LogP) is 1.64. The van der Waals surface area contributed by atoms with Gasteiger partial charge in [0.2, 0.25) is 10.5 Å². The zero-order chi connectivity index (χ0) is 8.74. The third-order valence-corrected chi connectivity index (χ3v) is 8.50. The van der Waals surface area contributed by atoms with Gasteiger partial charge in [0.05, 0.1) is 0 Å². The molecule has 0 aliphatic carbocycles. The van der Waals surface area contributed by atoms with Gasteiger partial charge in [-0.3, -0.25) is 0 Å². The first-order valence-corrected chi connectivity index (χ1v) is 7.75. The first-order valence-electron chi connectivity index (χ1n) is 4.00. The third kappa shape index (κ3) is 3.66. The summed E-state index contributed by atoms with van der Waals surface area (Å²) in [7, 11) is 1.72. The number of hydrogen-bond donors (Lipinski definition) is 0. The summed E-state index contributed by atoms with van der Waals surface area (Å²) in [5.74, 6) is 0.